The first-order valence-corrected chi connectivity index (χ1v) is 9.01. The van der Waals surface area contributed by atoms with Gasteiger partial charge in [-0.05, 0) is 36.4 Å². The Morgan fingerprint density at radius 2 is 1.85 bits per heavy atom. The third kappa shape index (κ3) is 4.17. The van der Waals surface area contributed by atoms with Gasteiger partial charge in [0.2, 0.25) is 0 Å². The Morgan fingerprint density at radius 1 is 1.15 bits per heavy atom. The number of nitro benzene ring substituents is 1. The van der Waals surface area contributed by atoms with Crippen LogP contribution in [0.1, 0.15) is 18.1 Å². The normalized spacial score (nSPS) is 15.4. The van der Waals surface area contributed by atoms with Gasteiger partial charge in [0.05, 0.1) is 23.0 Å². The molecule has 1 heterocycles. The van der Waals surface area contributed by atoms with E-state index in [-0.39, 0.29) is 17.5 Å². The molecule has 1 aliphatic rings. The lowest BCUT2D eigenvalue weighted by molar-refractivity contribution is -0.384. The summed E-state index contributed by atoms with van der Waals surface area (Å²) in [7, 11) is 0. The number of ether oxygens (including phenoxy) is 1. The number of nitrogens with zero attached hydrogens (tertiary/aromatic N) is 2. The summed E-state index contributed by atoms with van der Waals surface area (Å²) in [5.41, 5.74) is 1.32. The van der Waals surface area contributed by atoms with E-state index in [1.165, 1.54) is 24.3 Å². The van der Waals surface area contributed by atoms with Crippen LogP contribution in [-0.2, 0) is 11.3 Å². The Morgan fingerprint density at radius 3 is 2.52 bits per heavy atom. The number of thioether (sulfide) groups is 1. The molecule has 7 nitrogen and oxygen atoms in total. The second kappa shape index (κ2) is 8.05. The van der Waals surface area contributed by atoms with Crippen LogP contribution in [0, 0.1) is 10.1 Å². The van der Waals surface area contributed by atoms with Crippen molar-refractivity contribution in [3.63, 3.8) is 0 Å². The molecule has 0 saturated carbocycles. The molecule has 0 unspecified atom stereocenters. The first-order valence-electron chi connectivity index (χ1n) is 8.20. The van der Waals surface area contributed by atoms with E-state index in [0.717, 1.165) is 22.2 Å². The average Bonchev–Trinajstić information content (AvgIpc) is 2.91. The Kier molecular flexibility index (Phi) is 5.56. The van der Waals surface area contributed by atoms with Crippen molar-refractivity contribution in [1.82, 2.24) is 4.90 Å². The van der Waals surface area contributed by atoms with Gasteiger partial charge in [-0.2, -0.15) is 0 Å². The van der Waals surface area contributed by atoms with Crippen molar-refractivity contribution in [1.29, 1.82) is 0 Å². The zero-order chi connectivity index (χ0) is 19.4. The lowest BCUT2D eigenvalue weighted by atomic mass is 10.1. The Balaban J connectivity index is 1.80. The molecular formula is C19H16N2O5S. The number of benzene rings is 2. The minimum Gasteiger partial charge on any atom is -0.493 e. The van der Waals surface area contributed by atoms with Gasteiger partial charge in [0.15, 0.2) is 0 Å². The van der Waals surface area contributed by atoms with Gasteiger partial charge in [-0.25, -0.2) is 0 Å². The molecule has 0 spiro atoms. The molecule has 2 aromatic rings. The van der Waals surface area contributed by atoms with E-state index in [2.05, 4.69) is 0 Å². The van der Waals surface area contributed by atoms with E-state index in [1.54, 1.807) is 12.1 Å². The van der Waals surface area contributed by atoms with Gasteiger partial charge in [-0.1, -0.05) is 30.3 Å². The van der Waals surface area contributed by atoms with Gasteiger partial charge >= 0.3 is 0 Å². The number of para-hydroxylation sites is 1. The molecule has 0 bridgehead atoms. The zero-order valence-corrected chi connectivity index (χ0v) is 15.3. The topological polar surface area (TPSA) is 89.8 Å². The smallest absolute Gasteiger partial charge is 0.293 e. The molecule has 1 saturated heterocycles. The molecular weight excluding hydrogens is 368 g/mol. The van der Waals surface area contributed by atoms with E-state index in [1.807, 2.05) is 25.1 Å². The molecule has 27 heavy (non-hydrogen) atoms. The summed E-state index contributed by atoms with van der Waals surface area (Å²) < 4.78 is 5.54. The molecule has 0 aromatic heterocycles. The number of nitro groups is 1. The number of amides is 2. The first kappa shape index (κ1) is 18.7. The van der Waals surface area contributed by atoms with Crippen LogP contribution in [0.5, 0.6) is 5.75 Å². The second-order valence-corrected chi connectivity index (χ2v) is 6.66. The number of hydrogen-bond acceptors (Lipinski definition) is 6. The SMILES string of the molecule is CCOc1ccccc1/C=C1/SC(=O)N(Cc2ccc([N+](=O)[O-])cc2)C1=O. The van der Waals surface area contributed by atoms with E-state index in [4.69, 9.17) is 4.74 Å². The molecule has 138 valence electrons. The molecule has 0 atom stereocenters. The van der Waals surface area contributed by atoms with E-state index >= 15 is 0 Å². The number of hydrogen-bond donors (Lipinski definition) is 0. The maximum absolute atomic E-state index is 12.6. The van der Waals surface area contributed by atoms with Crippen molar-refractivity contribution in [3.8, 4) is 5.75 Å². The fourth-order valence-corrected chi connectivity index (χ4v) is 3.40. The predicted octanol–water partition coefficient (Wildman–Crippen LogP) is 4.23. The molecule has 2 aromatic carbocycles. The van der Waals surface area contributed by atoms with Crippen LogP contribution in [0.2, 0.25) is 0 Å². The standard InChI is InChI=1S/C19H16N2O5S/c1-2-26-16-6-4-3-5-14(16)11-17-18(22)20(19(23)27-17)12-13-7-9-15(10-8-13)21(24)25/h3-11H,2,12H2,1H3/b17-11+. The quantitative estimate of drug-likeness (QED) is 0.421. The van der Waals surface area contributed by atoms with Gasteiger partial charge < -0.3 is 4.74 Å². The number of carbonyl (C=O) groups is 2. The van der Waals surface area contributed by atoms with Crippen LogP contribution in [0.4, 0.5) is 10.5 Å². The van der Waals surface area contributed by atoms with Crippen molar-refractivity contribution in [3.05, 3.63) is 74.7 Å². The lowest BCUT2D eigenvalue weighted by Gasteiger charge is -2.12. The molecule has 0 aliphatic carbocycles. The zero-order valence-electron chi connectivity index (χ0n) is 14.5. The highest BCUT2D eigenvalue weighted by molar-refractivity contribution is 8.18. The fourth-order valence-electron chi connectivity index (χ4n) is 2.57. The summed E-state index contributed by atoms with van der Waals surface area (Å²) in [4.78, 5) is 36.6. The molecule has 2 amide bonds. The summed E-state index contributed by atoms with van der Waals surface area (Å²) in [5.74, 6) is 0.247. The minimum absolute atomic E-state index is 0.0414. The Bertz CT molecular complexity index is 924. The second-order valence-electron chi connectivity index (χ2n) is 5.66. The number of imide groups is 1. The van der Waals surface area contributed by atoms with Crippen LogP contribution in [0.15, 0.2) is 53.4 Å². The largest absolute Gasteiger partial charge is 0.493 e. The monoisotopic (exact) mass is 384 g/mol. The van der Waals surface area contributed by atoms with Crippen molar-refractivity contribution in [2.75, 3.05) is 6.61 Å². The fraction of sp³-hybridized carbons (Fsp3) is 0.158. The van der Waals surface area contributed by atoms with Gasteiger partial charge in [-0.3, -0.25) is 24.6 Å². The van der Waals surface area contributed by atoms with Gasteiger partial charge in [-0.15, -0.1) is 0 Å². The van der Waals surface area contributed by atoms with Crippen LogP contribution in [0.3, 0.4) is 0 Å². The Hall–Kier alpha value is -3.13. The highest BCUT2D eigenvalue weighted by Gasteiger charge is 2.35. The molecule has 0 N–H and O–H groups in total. The van der Waals surface area contributed by atoms with Crippen molar-refractivity contribution < 1.29 is 19.2 Å². The lowest BCUT2D eigenvalue weighted by Crippen LogP contribution is -2.27. The number of non-ortho nitro benzene ring substituents is 1. The first-order chi connectivity index (χ1) is 13.0. The number of carbonyl (C=O) groups excluding carboxylic acids is 2. The summed E-state index contributed by atoms with van der Waals surface area (Å²) in [5, 5.41) is 10.3. The predicted molar refractivity (Wildman–Crippen MR) is 102 cm³/mol. The third-order valence-electron chi connectivity index (χ3n) is 3.87. The van der Waals surface area contributed by atoms with E-state index < -0.39 is 10.8 Å². The van der Waals surface area contributed by atoms with Crippen LogP contribution in [-0.4, -0.2) is 27.6 Å². The maximum Gasteiger partial charge on any atom is 0.293 e. The van der Waals surface area contributed by atoms with Gasteiger partial charge in [0, 0.05) is 17.7 Å². The van der Waals surface area contributed by atoms with Gasteiger partial charge in [0.25, 0.3) is 16.8 Å². The third-order valence-corrected chi connectivity index (χ3v) is 4.77. The molecule has 0 radical (unpaired) electrons. The summed E-state index contributed by atoms with van der Waals surface area (Å²) in [6.07, 6.45) is 1.64. The molecule has 3 rings (SSSR count). The van der Waals surface area contributed by atoms with E-state index in [9.17, 15) is 19.7 Å². The maximum atomic E-state index is 12.6. The average molecular weight is 384 g/mol. The minimum atomic E-state index is -0.498. The van der Waals surface area contributed by atoms with Crippen molar-refractivity contribution >= 4 is 34.7 Å². The highest BCUT2D eigenvalue weighted by Crippen LogP contribution is 2.35. The Labute approximate surface area is 159 Å². The van der Waals surface area contributed by atoms with Crippen molar-refractivity contribution in [2.24, 2.45) is 0 Å². The number of rotatable bonds is 6. The van der Waals surface area contributed by atoms with E-state index in [0.29, 0.717) is 22.8 Å². The van der Waals surface area contributed by atoms with Crippen LogP contribution in [0.25, 0.3) is 6.08 Å². The highest BCUT2D eigenvalue weighted by atomic mass is 32.2. The molecule has 8 heteroatoms. The summed E-state index contributed by atoms with van der Waals surface area (Å²) >= 11 is 0.865. The summed E-state index contributed by atoms with van der Waals surface area (Å²) in [6, 6.07) is 13.1. The van der Waals surface area contributed by atoms with Crippen LogP contribution < -0.4 is 4.74 Å². The molecule has 1 aliphatic heterocycles. The molecule has 1 fully saturated rings. The van der Waals surface area contributed by atoms with Crippen molar-refractivity contribution in [2.45, 2.75) is 13.5 Å². The van der Waals surface area contributed by atoms with Crippen LogP contribution >= 0.6 is 11.8 Å². The summed E-state index contributed by atoms with van der Waals surface area (Å²) in [6.45, 7) is 2.43. The van der Waals surface area contributed by atoms with Gasteiger partial charge in [0.1, 0.15) is 5.75 Å².